The molecule has 0 spiro atoms. The second-order valence-electron chi connectivity index (χ2n) is 3.47. The normalized spacial score (nSPS) is 15.6. The van der Waals surface area contributed by atoms with Crippen LogP contribution >= 0.6 is 23.5 Å². The van der Waals surface area contributed by atoms with E-state index in [0.717, 1.165) is 11.3 Å². The number of hydrogen-bond acceptors (Lipinski definition) is 3. The lowest BCUT2D eigenvalue weighted by Crippen LogP contribution is -1.89. The van der Waals surface area contributed by atoms with Crippen molar-refractivity contribution in [2.75, 3.05) is 11.0 Å². The molecule has 0 atom stereocenters. The van der Waals surface area contributed by atoms with Crippen molar-refractivity contribution >= 4 is 29.2 Å². The minimum Gasteiger partial charge on any atom is -0.508 e. The highest BCUT2D eigenvalue weighted by Crippen LogP contribution is 2.46. The van der Waals surface area contributed by atoms with Crippen LogP contribution in [0.4, 0.5) is 5.69 Å². The van der Waals surface area contributed by atoms with Gasteiger partial charge in [0.15, 0.2) is 0 Å². The highest BCUT2D eigenvalue weighted by Gasteiger charge is 2.27. The SMILES string of the molecule is CSNc1cc(O)c(C2CC2)cc1Cl. The zero-order valence-corrected chi connectivity index (χ0v) is 9.45. The van der Waals surface area contributed by atoms with E-state index in [9.17, 15) is 5.11 Å². The van der Waals surface area contributed by atoms with Crippen molar-refractivity contribution in [2.24, 2.45) is 0 Å². The van der Waals surface area contributed by atoms with Crippen LogP contribution < -0.4 is 4.72 Å². The molecule has 0 heterocycles. The maximum absolute atomic E-state index is 9.74. The monoisotopic (exact) mass is 229 g/mol. The zero-order valence-electron chi connectivity index (χ0n) is 7.88. The molecule has 0 amide bonds. The van der Waals surface area contributed by atoms with Crippen LogP contribution in [-0.2, 0) is 0 Å². The molecule has 0 unspecified atom stereocenters. The molecule has 0 radical (unpaired) electrons. The molecule has 1 aliphatic rings. The van der Waals surface area contributed by atoms with Crippen molar-refractivity contribution in [2.45, 2.75) is 18.8 Å². The second kappa shape index (κ2) is 3.91. The summed E-state index contributed by atoms with van der Waals surface area (Å²) in [6.07, 6.45) is 4.25. The number of nitrogens with one attached hydrogen (secondary N) is 1. The van der Waals surface area contributed by atoms with Gasteiger partial charge in [0.25, 0.3) is 0 Å². The molecule has 14 heavy (non-hydrogen) atoms. The molecule has 1 aliphatic carbocycles. The van der Waals surface area contributed by atoms with Crippen molar-refractivity contribution in [3.63, 3.8) is 0 Å². The largest absolute Gasteiger partial charge is 0.508 e. The van der Waals surface area contributed by atoms with Gasteiger partial charge in [-0.1, -0.05) is 23.5 Å². The van der Waals surface area contributed by atoms with Gasteiger partial charge in [0.2, 0.25) is 0 Å². The molecule has 2 N–H and O–H groups in total. The van der Waals surface area contributed by atoms with Crippen LogP contribution in [0.15, 0.2) is 12.1 Å². The average molecular weight is 230 g/mol. The maximum atomic E-state index is 9.74. The summed E-state index contributed by atoms with van der Waals surface area (Å²) in [5.74, 6) is 0.879. The van der Waals surface area contributed by atoms with Gasteiger partial charge in [0.05, 0.1) is 10.7 Å². The molecule has 0 bridgehead atoms. The van der Waals surface area contributed by atoms with Gasteiger partial charge in [-0.3, -0.25) is 0 Å². The molecule has 1 saturated carbocycles. The predicted molar refractivity (Wildman–Crippen MR) is 62.2 cm³/mol. The van der Waals surface area contributed by atoms with Gasteiger partial charge in [-0.2, -0.15) is 0 Å². The Kier molecular flexibility index (Phi) is 2.79. The summed E-state index contributed by atoms with van der Waals surface area (Å²) in [5, 5.41) is 10.4. The first-order valence-corrected chi connectivity index (χ1v) is 6.14. The number of anilines is 1. The summed E-state index contributed by atoms with van der Waals surface area (Å²) < 4.78 is 3.03. The minimum absolute atomic E-state index is 0.355. The van der Waals surface area contributed by atoms with Crippen LogP contribution in [0.3, 0.4) is 0 Å². The topological polar surface area (TPSA) is 32.3 Å². The van der Waals surface area contributed by atoms with Crippen molar-refractivity contribution < 1.29 is 5.11 Å². The predicted octanol–water partition coefficient (Wildman–Crippen LogP) is 3.61. The highest BCUT2D eigenvalue weighted by atomic mass is 35.5. The first-order valence-electron chi connectivity index (χ1n) is 4.53. The standard InChI is InChI=1S/C10H12ClNOS/c1-14-12-9-5-10(13)7(4-8(9)11)6-2-3-6/h4-6,12-13H,2-3H2,1H3. The van der Waals surface area contributed by atoms with Crippen molar-refractivity contribution in [3.8, 4) is 5.75 Å². The smallest absolute Gasteiger partial charge is 0.121 e. The molecule has 0 aromatic heterocycles. The van der Waals surface area contributed by atoms with Gasteiger partial charge in [-0.15, -0.1) is 0 Å². The summed E-state index contributed by atoms with van der Waals surface area (Å²) in [6, 6.07) is 3.57. The summed E-state index contributed by atoms with van der Waals surface area (Å²) in [4.78, 5) is 0. The second-order valence-corrected chi connectivity index (χ2v) is 4.49. The van der Waals surface area contributed by atoms with E-state index in [1.54, 1.807) is 6.07 Å². The Morgan fingerprint density at radius 1 is 1.50 bits per heavy atom. The van der Waals surface area contributed by atoms with Gasteiger partial charge < -0.3 is 9.83 Å². The van der Waals surface area contributed by atoms with E-state index in [2.05, 4.69) is 4.72 Å². The Morgan fingerprint density at radius 3 is 2.79 bits per heavy atom. The first-order chi connectivity index (χ1) is 6.72. The number of hydrogen-bond donors (Lipinski definition) is 2. The Bertz CT molecular complexity index is 352. The third-order valence-electron chi connectivity index (χ3n) is 2.35. The van der Waals surface area contributed by atoms with E-state index in [1.807, 2.05) is 12.3 Å². The number of phenols is 1. The van der Waals surface area contributed by atoms with Crippen molar-refractivity contribution in [1.82, 2.24) is 0 Å². The summed E-state index contributed by atoms with van der Waals surface area (Å²) in [6.45, 7) is 0. The number of aromatic hydroxyl groups is 1. The van der Waals surface area contributed by atoms with Crippen molar-refractivity contribution in [3.05, 3.63) is 22.7 Å². The first kappa shape index (κ1) is 9.99. The number of halogens is 1. The average Bonchev–Trinajstić information content (AvgIpc) is 2.94. The quantitative estimate of drug-likeness (QED) is 0.777. The summed E-state index contributed by atoms with van der Waals surface area (Å²) >= 11 is 7.53. The lowest BCUT2D eigenvalue weighted by atomic mass is 10.1. The molecule has 4 heteroatoms. The Labute approximate surface area is 92.8 Å². The van der Waals surface area contributed by atoms with Crippen LogP contribution in [0.25, 0.3) is 0 Å². The molecule has 2 nitrogen and oxygen atoms in total. The maximum Gasteiger partial charge on any atom is 0.121 e. The van der Waals surface area contributed by atoms with Gasteiger partial charge in [0.1, 0.15) is 5.75 Å². The zero-order chi connectivity index (χ0) is 10.1. The Balaban J connectivity index is 2.33. The van der Waals surface area contributed by atoms with E-state index < -0.39 is 0 Å². The molecule has 2 rings (SSSR count). The van der Waals surface area contributed by atoms with E-state index in [-0.39, 0.29) is 0 Å². The molecular weight excluding hydrogens is 218 g/mol. The molecular formula is C10H12ClNOS. The van der Waals surface area contributed by atoms with Crippen molar-refractivity contribution in [1.29, 1.82) is 0 Å². The number of phenolic OH excluding ortho intramolecular Hbond substituents is 1. The Morgan fingerprint density at radius 2 is 2.21 bits per heavy atom. The van der Waals surface area contributed by atoms with E-state index in [0.29, 0.717) is 16.7 Å². The molecule has 0 aliphatic heterocycles. The molecule has 0 saturated heterocycles. The van der Waals surface area contributed by atoms with Crippen LogP contribution in [0.1, 0.15) is 24.3 Å². The molecule has 1 aromatic rings. The fourth-order valence-corrected chi connectivity index (χ4v) is 2.15. The summed E-state index contributed by atoms with van der Waals surface area (Å²) in [5.41, 5.74) is 1.77. The fourth-order valence-electron chi connectivity index (χ4n) is 1.49. The highest BCUT2D eigenvalue weighted by molar-refractivity contribution is 7.99. The third kappa shape index (κ3) is 1.93. The van der Waals surface area contributed by atoms with Gasteiger partial charge >= 0.3 is 0 Å². The lowest BCUT2D eigenvalue weighted by Gasteiger charge is -2.09. The van der Waals surface area contributed by atoms with Crippen LogP contribution in [0.5, 0.6) is 5.75 Å². The Hall–Kier alpha value is -0.540. The van der Waals surface area contributed by atoms with Gasteiger partial charge in [-0.25, -0.2) is 0 Å². The molecule has 76 valence electrons. The van der Waals surface area contributed by atoms with Crippen LogP contribution in [-0.4, -0.2) is 11.4 Å². The molecule has 1 fully saturated rings. The van der Waals surface area contributed by atoms with Gasteiger partial charge in [0, 0.05) is 12.3 Å². The number of benzene rings is 1. The lowest BCUT2D eigenvalue weighted by molar-refractivity contribution is 0.469. The summed E-state index contributed by atoms with van der Waals surface area (Å²) in [7, 11) is 0. The van der Waals surface area contributed by atoms with E-state index in [1.165, 1.54) is 24.8 Å². The van der Waals surface area contributed by atoms with Crippen LogP contribution in [0, 0.1) is 0 Å². The van der Waals surface area contributed by atoms with E-state index in [4.69, 9.17) is 11.6 Å². The fraction of sp³-hybridized carbons (Fsp3) is 0.400. The third-order valence-corrected chi connectivity index (χ3v) is 3.08. The number of rotatable bonds is 3. The molecule has 1 aromatic carbocycles. The minimum atomic E-state index is 0.355. The van der Waals surface area contributed by atoms with Gasteiger partial charge in [-0.05, 0) is 30.4 Å². The van der Waals surface area contributed by atoms with E-state index >= 15 is 0 Å². The van der Waals surface area contributed by atoms with Crippen LogP contribution in [0.2, 0.25) is 5.02 Å².